The number of aryl methyl sites for hydroxylation is 1. The molecular formula is C21H20F3N3O3S. The van der Waals surface area contributed by atoms with E-state index in [4.69, 9.17) is 4.74 Å². The van der Waals surface area contributed by atoms with Gasteiger partial charge < -0.3 is 15.4 Å². The topological polar surface area (TPSA) is 79.5 Å². The molecule has 10 heteroatoms. The van der Waals surface area contributed by atoms with Crippen molar-refractivity contribution in [3.63, 3.8) is 0 Å². The largest absolute Gasteiger partial charge is 0.492 e. The minimum absolute atomic E-state index is 0.0551. The smallest absolute Gasteiger partial charge is 0.416 e. The van der Waals surface area contributed by atoms with E-state index in [9.17, 15) is 22.8 Å². The van der Waals surface area contributed by atoms with Crippen LogP contribution in [0.5, 0.6) is 5.75 Å². The number of rotatable bonds is 4. The normalized spacial score (nSPS) is 18.2. The Bertz CT molecular complexity index is 1010. The number of amides is 2. The number of nitrogens with one attached hydrogen (secondary N) is 3. The fourth-order valence-corrected chi connectivity index (χ4v) is 4.47. The molecule has 0 aromatic heterocycles. The van der Waals surface area contributed by atoms with Gasteiger partial charge in [0.15, 0.2) is 0 Å². The molecule has 3 N–H and O–H groups in total. The van der Waals surface area contributed by atoms with Crippen LogP contribution in [-0.4, -0.2) is 30.7 Å². The van der Waals surface area contributed by atoms with E-state index in [-0.39, 0.29) is 35.3 Å². The number of anilines is 2. The van der Waals surface area contributed by atoms with Crippen LogP contribution in [0.2, 0.25) is 0 Å². The number of alkyl halides is 3. The van der Waals surface area contributed by atoms with Crippen LogP contribution in [0.15, 0.2) is 36.4 Å². The lowest BCUT2D eigenvalue weighted by Crippen LogP contribution is -2.23. The second-order valence-electron chi connectivity index (χ2n) is 7.21. The highest BCUT2D eigenvalue weighted by Crippen LogP contribution is 2.39. The molecule has 2 aromatic rings. The molecule has 164 valence electrons. The molecule has 0 saturated carbocycles. The molecule has 0 saturated heterocycles. The van der Waals surface area contributed by atoms with Crippen LogP contribution < -0.4 is 20.7 Å². The van der Waals surface area contributed by atoms with Gasteiger partial charge in [0.2, 0.25) is 11.8 Å². The lowest BCUT2D eigenvalue weighted by Gasteiger charge is -2.19. The zero-order valence-corrected chi connectivity index (χ0v) is 17.2. The molecule has 31 heavy (non-hydrogen) atoms. The summed E-state index contributed by atoms with van der Waals surface area (Å²) in [6.07, 6.45) is -3.34. The van der Waals surface area contributed by atoms with Gasteiger partial charge in [-0.3, -0.25) is 14.9 Å². The third-order valence-electron chi connectivity index (χ3n) is 4.98. The molecule has 4 rings (SSSR count). The molecule has 2 heterocycles. The monoisotopic (exact) mass is 451 g/mol. The third kappa shape index (κ3) is 5.13. The SMILES string of the molecule is O=C(CSC1NCCOc2cc(C(F)(F)F)ccc21)Nc1ccc2c(c1)NC(=O)CC2. The van der Waals surface area contributed by atoms with Crippen molar-refractivity contribution in [1.29, 1.82) is 0 Å². The first-order chi connectivity index (χ1) is 14.8. The van der Waals surface area contributed by atoms with Gasteiger partial charge in [-0.25, -0.2) is 0 Å². The number of carbonyl (C=O) groups excluding carboxylic acids is 2. The molecule has 1 atom stereocenters. The standard InChI is InChI=1S/C21H20F3N3O3S/c22-21(23,24)13-3-5-15-17(9-13)30-8-7-25-20(15)31-11-19(29)26-14-4-1-12-2-6-18(28)27-16(12)10-14/h1,3-5,9-10,20,25H,2,6-8,11H2,(H,26,29)(H,27,28). The van der Waals surface area contributed by atoms with Gasteiger partial charge >= 0.3 is 6.18 Å². The number of thioether (sulfide) groups is 1. The number of halogens is 3. The summed E-state index contributed by atoms with van der Waals surface area (Å²) in [6, 6.07) is 8.78. The Morgan fingerprint density at radius 2 is 2.03 bits per heavy atom. The van der Waals surface area contributed by atoms with E-state index in [1.165, 1.54) is 17.8 Å². The van der Waals surface area contributed by atoms with Crippen molar-refractivity contribution < 1.29 is 27.5 Å². The molecule has 0 aliphatic carbocycles. The second-order valence-corrected chi connectivity index (χ2v) is 8.31. The van der Waals surface area contributed by atoms with E-state index in [1.54, 1.807) is 12.1 Å². The summed E-state index contributed by atoms with van der Waals surface area (Å²) in [7, 11) is 0. The highest BCUT2D eigenvalue weighted by molar-refractivity contribution is 8.00. The number of carbonyl (C=O) groups is 2. The highest BCUT2D eigenvalue weighted by atomic mass is 32.2. The van der Waals surface area contributed by atoms with Crippen LogP contribution >= 0.6 is 11.8 Å². The predicted octanol–water partition coefficient (Wildman–Crippen LogP) is 3.94. The molecule has 0 radical (unpaired) electrons. The van der Waals surface area contributed by atoms with Gasteiger partial charge in [-0.05, 0) is 36.2 Å². The van der Waals surface area contributed by atoms with Crippen LogP contribution in [0.25, 0.3) is 0 Å². The van der Waals surface area contributed by atoms with Gasteiger partial charge in [0, 0.05) is 29.9 Å². The Hall–Kier alpha value is -2.72. The van der Waals surface area contributed by atoms with E-state index in [1.807, 2.05) is 6.07 Å². The van der Waals surface area contributed by atoms with E-state index in [0.29, 0.717) is 36.3 Å². The fourth-order valence-electron chi connectivity index (χ4n) is 3.47. The summed E-state index contributed by atoms with van der Waals surface area (Å²) in [4.78, 5) is 24.0. The average molecular weight is 451 g/mol. The maximum absolute atomic E-state index is 13.0. The van der Waals surface area contributed by atoms with Gasteiger partial charge in [-0.2, -0.15) is 13.2 Å². The average Bonchev–Trinajstić information content (AvgIpc) is 2.93. The maximum Gasteiger partial charge on any atom is 0.416 e. The minimum Gasteiger partial charge on any atom is -0.492 e. The zero-order valence-electron chi connectivity index (χ0n) is 16.3. The summed E-state index contributed by atoms with van der Waals surface area (Å²) in [5.41, 5.74) is 2.08. The quantitative estimate of drug-likeness (QED) is 0.656. The van der Waals surface area contributed by atoms with E-state index < -0.39 is 11.7 Å². The van der Waals surface area contributed by atoms with E-state index >= 15 is 0 Å². The van der Waals surface area contributed by atoms with Gasteiger partial charge in [0.1, 0.15) is 12.4 Å². The van der Waals surface area contributed by atoms with Crippen molar-refractivity contribution in [1.82, 2.24) is 5.32 Å². The molecule has 0 bridgehead atoms. The van der Waals surface area contributed by atoms with Crippen LogP contribution in [0.3, 0.4) is 0 Å². The molecule has 2 aliphatic heterocycles. The summed E-state index contributed by atoms with van der Waals surface area (Å²) >= 11 is 1.27. The molecule has 2 amide bonds. The summed E-state index contributed by atoms with van der Waals surface area (Å²) in [6.45, 7) is 0.679. The summed E-state index contributed by atoms with van der Waals surface area (Å²) < 4.78 is 44.4. The molecule has 2 aliphatic rings. The van der Waals surface area contributed by atoms with Crippen LogP contribution in [-0.2, 0) is 22.2 Å². The Balaban J connectivity index is 1.41. The Labute approximate surface area is 180 Å². The van der Waals surface area contributed by atoms with Crippen molar-refractivity contribution in [3.05, 3.63) is 53.1 Å². The van der Waals surface area contributed by atoms with Crippen molar-refractivity contribution in [2.45, 2.75) is 24.4 Å². The third-order valence-corrected chi connectivity index (χ3v) is 6.17. The Kier molecular flexibility index (Phi) is 6.10. The molecule has 1 unspecified atom stereocenters. The van der Waals surface area contributed by atoms with Crippen molar-refractivity contribution in [2.75, 3.05) is 29.5 Å². The van der Waals surface area contributed by atoms with Gasteiger partial charge in [0.25, 0.3) is 0 Å². The number of hydrogen-bond acceptors (Lipinski definition) is 5. The summed E-state index contributed by atoms with van der Waals surface area (Å²) in [5.74, 6) is -0.0575. The number of fused-ring (bicyclic) bond motifs is 2. The lowest BCUT2D eigenvalue weighted by molar-refractivity contribution is -0.137. The maximum atomic E-state index is 13.0. The fraction of sp³-hybridized carbons (Fsp3) is 0.333. The predicted molar refractivity (Wildman–Crippen MR) is 112 cm³/mol. The van der Waals surface area contributed by atoms with E-state index in [0.717, 1.165) is 17.7 Å². The Morgan fingerprint density at radius 1 is 1.19 bits per heavy atom. The first kappa shape index (κ1) is 21.5. The van der Waals surface area contributed by atoms with Crippen LogP contribution in [0.1, 0.15) is 28.5 Å². The minimum atomic E-state index is -4.45. The van der Waals surface area contributed by atoms with Crippen molar-refractivity contribution in [2.24, 2.45) is 0 Å². The number of ether oxygens (including phenoxy) is 1. The van der Waals surface area contributed by atoms with Crippen LogP contribution in [0.4, 0.5) is 24.5 Å². The van der Waals surface area contributed by atoms with Crippen molar-refractivity contribution >= 4 is 35.0 Å². The van der Waals surface area contributed by atoms with Gasteiger partial charge in [0.05, 0.1) is 16.7 Å². The van der Waals surface area contributed by atoms with Crippen molar-refractivity contribution in [3.8, 4) is 5.75 Å². The molecule has 6 nitrogen and oxygen atoms in total. The van der Waals surface area contributed by atoms with E-state index in [2.05, 4.69) is 16.0 Å². The highest BCUT2D eigenvalue weighted by Gasteiger charge is 2.32. The first-order valence-corrected chi connectivity index (χ1v) is 10.8. The lowest BCUT2D eigenvalue weighted by atomic mass is 10.0. The molecular weight excluding hydrogens is 431 g/mol. The van der Waals surface area contributed by atoms with Crippen LogP contribution in [0, 0.1) is 0 Å². The summed E-state index contributed by atoms with van der Waals surface area (Å²) in [5, 5.41) is 8.40. The molecule has 0 fully saturated rings. The number of benzene rings is 2. The Morgan fingerprint density at radius 3 is 2.84 bits per heavy atom. The second kappa shape index (κ2) is 8.80. The number of hydrogen-bond donors (Lipinski definition) is 3. The van der Waals surface area contributed by atoms with Gasteiger partial charge in [-0.15, -0.1) is 11.8 Å². The zero-order chi connectivity index (χ0) is 22.0. The molecule has 2 aromatic carbocycles. The first-order valence-electron chi connectivity index (χ1n) is 9.71. The van der Waals surface area contributed by atoms with Gasteiger partial charge in [-0.1, -0.05) is 12.1 Å². The molecule has 0 spiro atoms.